The van der Waals surface area contributed by atoms with Crippen LogP contribution in [0.1, 0.15) is 70.4 Å². The smallest absolute Gasteiger partial charge is 0.0907 e. The number of hydrogen-bond donors (Lipinski definition) is 0. The summed E-state index contributed by atoms with van der Waals surface area (Å²) < 4.78 is 2.12. The molecule has 2 nitrogen and oxygen atoms in total. The Morgan fingerprint density at radius 1 is 0.933 bits per heavy atom. The zero-order chi connectivity index (χ0) is 21.0. The first-order chi connectivity index (χ1) is 14.7. The van der Waals surface area contributed by atoms with Crippen molar-refractivity contribution in [2.45, 2.75) is 77.7 Å². The Morgan fingerprint density at radius 3 is 2.43 bits per heavy atom. The van der Waals surface area contributed by atoms with Crippen molar-refractivity contribution in [3.05, 3.63) is 71.9 Å². The number of unbranched alkanes of at least 4 members (excludes halogenated alkanes) is 1. The van der Waals surface area contributed by atoms with Crippen molar-refractivity contribution in [1.29, 1.82) is 0 Å². The van der Waals surface area contributed by atoms with Crippen LogP contribution in [0.25, 0.3) is 22.4 Å². The second-order valence-corrected chi connectivity index (χ2v) is 8.81. The lowest BCUT2D eigenvalue weighted by atomic mass is 9.70. The molecule has 2 heterocycles. The summed E-state index contributed by atoms with van der Waals surface area (Å²) in [6.45, 7) is 7.95. The van der Waals surface area contributed by atoms with Crippen molar-refractivity contribution in [2.75, 3.05) is 0 Å². The van der Waals surface area contributed by atoms with E-state index in [9.17, 15) is 0 Å². The van der Waals surface area contributed by atoms with Crippen molar-refractivity contribution in [3.8, 4) is 22.4 Å². The molecule has 0 saturated heterocycles. The largest absolute Gasteiger partial charge is 0.196 e. The summed E-state index contributed by atoms with van der Waals surface area (Å²) in [6, 6.07) is 20.6. The molecule has 2 aromatic carbocycles. The highest BCUT2D eigenvalue weighted by molar-refractivity contribution is 5.74. The van der Waals surface area contributed by atoms with Crippen LogP contribution in [0.3, 0.4) is 0 Å². The number of benzene rings is 2. The molecular weight excluding hydrogens is 364 g/mol. The van der Waals surface area contributed by atoms with E-state index in [2.05, 4.69) is 86.2 Å². The van der Waals surface area contributed by atoms with E-state index in [1.807, 2.05) is 0 Å². The van der Waals surface area contributed by atoms with Crippen LogP contribution in [0.2, 0.25) is 0 Å². The topological polar surface area (TPSA) is 16.8 Å². The van der Waals surface area contributed by atoms with Gasteiger partial charge >= 0.3 is 0 Å². The third kappa shape index (κ3) is 4.05. The Hall–Kier alpha value is -2.48. The molecule has 0 spiro atoms. The molecule has 0 amide bonds. The van der Waals surface area contributed by atoms with Gasteiger partial charge < -0.3 is 0 Å². The van der Waals surface area contributed by atoms with Crippen LogP contribution in [-0.4, -0.2) is 5.10 Å². The van der Waals surface area contributed by atoms with Crippen molar-refractivity contribution in [3.63, 3.8) is 0 Å². The number of fused-ring (bicyclic) bond motifs is 4. The molecule has 0 unspecified atom stereocenters. The van der Waals surface area contributed by atoms with Crippen molar-refractivity contribution in [2.24, 2.45) is 0 Å². The Labute approximate surface area is 182 Å². The van der Waals surface area contributed by atoms with E-state index < -0.39 is 0 Å². The molecule has 4 rings (SSSR count). The lowest BCUT2D eigenvalue weighted by Crippen LogP contribution is -2.38. The number of hydrogen-bond acceptors (Lipinski definition) is 1. The van der Waals surface area contributed by atoms with E-state index in [1.54, 1.807) is 0 Å². The molecule has 0 radical (unpaired) electrons. The van der Waals surface area contributed by atoms with Gasteiger partial charge in [0.05, 0.1) is 0 Å². The van der Waals surface area contributed by atoms with Crippen LogP contribution in [0.15, 0.2) is 60.8 Å². The fourth-order valence-electron chi connectivity index (χ4n) is 5.05. The number of nitrogens with zero attached hydrogens (tertiary/aromatic N) is 2. The molecular formula is C28H35N2+. The summed E-state index contributed by atoms with van der Waals surface area (Å²) in [4.78, 5) is 0. The van der Waals surface area contributed by atoms with Gasteiger partial charge in [-0.05, 0) is 71.9 Å². The summed E-state index contributed by atoms with van der Waals surface area (Å²) in [6.07, 6.45) is 10.5. The average molecular weight is 400 g/mol. The van der Waals surface area contributed by atoms with Gasteiger partial charge in [0.25, 0.3) is 0 Å². The van der Waals surface area contributed by atoms with Crippen LogP contribution in [0.5, 0.6) is 0 Å². The zero-order valence-electron chi connectivity index (χ0n) is 18.8. The normalized spacial score (nSPS) is 15.0. The molecule has 0 fully saturated rings. The molecule has 156 valence electrons. The van der Waals surface area contributed by atoms with E-state index in [-0.39, 0.29) is 5.41 Å². The highest BCUT2D eigenvalue weighted by Gasteiger charge is 2.33. The summed E-state index contributed by atoms with van der Waals surface area (Å²) in [5, 5.41) is 4.97. The van der Waals surface area contributed by atoms with Gasteiger partial charge in [-0.2, -0.15) is 0 Å². The Bertz CT molecular complexity index is 984. The van der Waals surface area contributed by atoms with E-state index >= 15 is 0 Å². The van der Waals surface area contributed by atoms with Crippen LogP contribution in [0.4, 0.5) is 0 Å². The molecule has 1 aliphatic heterocycles. The van der Waals surface area contributed by atoms with Crippen molar-refractivity contribution in [1.82, 2.24) is 5.10 Å². The minimum Gasteiger partial charge on any atom is -0.0907 e. The Kier molecular flexibility index (Phi) is 6.32. The van der Waals surface area contributed by atoms with Gasteiger partial charge in [0, 0.05) is 23.1 Å². The van der Waals surface area contributed by atoms with Gasteiger partial charge in [0.15, 0.2) is 12.7 Å². The van der Waals surface area contributed by atoms with Crippen LogP contribution in [-0.2, 0) is 18.4 Å². The lowest BCUT2D eigenvalue weighted by Gasteiger charge is -2.33. The Balaban J connectivity index is 1.81. The number of aromatic nitrogens is 2. The van der Waals surface area contributed by atoms with Crippen LogP contribution >= 0.6 is 0 Å². The maximum absolute atomic E-state index is 4.97. The van der Waals surface area contributed by atoms with Gasteiger partial charge in [-0.15, -0.1) is 0 Å². The van der Waals surface area contributed by atoms with Crippen LogP contribution in [0, 0.1) is 0 Å². The monoisotopic (exact) mass is 399 g/mol. The summed E-state index contributed by atoms with van der Waals surface area (Å²) >= 11 is 0. The summed E-state index contributed by atoms with van der Waals surface area (Å²) in [5.41, 5.74) is 8.12. The third-order valence-corrected chi connectivity index (χ3v) is 7.12. The fourth-order valence-corrected chi connectivity index (χ4v) is 5.05. The predicted molar refractivity (Wildman–Crippen MR) is 125 cm³/mol. The minimum absolute atomic E-state index is 0.229. The lowest BCUT2D eigenvalue weighted by molar-refractivity contribution is -0.753. The minimum atomic E-state index is 0.229. The van der Waals surface area contributed by atoms with Gasteiger partial charge in [-0.1, -0.05) is 68.3 Å². The van der Waals surface area contributed by atoms with Gasteiger partial charge in [-0.3, -0.25) is 0 Å². The van der Waals surface area contributed by atoms with Gasteiger partial charge in [0.2, 0.25) is 0 Å². The molecule has 1 aromatic heterocycles. The molecule has 3 aromatic rings. The van der Waals surface area contributed by atoms with Crippen molar-refractivity contribution < 1.29 is 4.68 Å². The van der Waals surface area contributed by atoms with Gasteiger partial charge in [-0.25, -0.2) is 0 Å². The average Bonchev–Trinajstić information content (AvgIpc) is 2.84. The SMILES string of the molecule is CCCCc1ccc(-c2ccc3c(c2)-c2ccc[n+](n2)CCCC3(CC)CC)cc1. The van der Waals surface area contributed by atoms with E-state index in [4.69, 9.17) is 5.10 Å². The van der Waals surface area contributed by atoms with Gasteiger partial charge in [0.1, 0.15) is 5.69 Å². The molecule has 1 aliphatic rings. The zero-order valence-corrected chi connectivity index (χ0v) is 18.8. The predicted octanol–water partition coefficient (Wildman–Crippen LogP) is 6.90. The van der Waals surface area contributed by atoms with E-state index in [0.29, 0.717) is 0 Å². The molecule has 30 heavy (non-hydrogen) atoms. The number of rotatable bonds is 6. The number of aryl methyl sites for hydroxylation is 2. The maximum Gasteiger partial charge on any atom is 0.196 e. The molecule has 0 atom stereocenters. The quantitative estimate of drug-likeness (QED) is 0.412. The first-order valence-corrected chi connectivity index (χ1v) is 11.8. The van der Waals surface area contributed by atoms with E-state index in [1.165, 1.54) is 72.8 Å². The first-order valence-electron chi connectivity index (χ1n) is 11.8. The van der Waals surface area contributed by atoms with E-state index in [0.717, 1.165) is 12.2 Å². The fraction of sp³-hybridized carbons (Fsp3) is 0.429. The van der Waals surface area contributed by atoms with Crippen LogP contribution < -0.4 is 4.68 Å². The second kappa shape index (κ2) is 9.12. The maximum atomic E-state index is 4.97. The summed E-state index contributed by atoms with van der Waals surface area (Å²) in [5.74, 6) is 0. The highest BCUT2D eigenvalue weighted by Crippen LogP contribution is 2.43. The highest BCUT2D eigenvalue weighted by atomic mass is 15.3. The molecule has 2 heteroatoms. The second-order valence-electron chi connectivity index (χ2n) is 8.81. The molecule has 2 bridgehead atoms. The standard InChI is InChI=1S/C28H35N2/c1-4-7-10-22-12-14-23(15-13-22)24-16-17-26-25(21-24)27-11-8-19-30(29-27)20-9-18-28(26,5-2)6-3/h8,11-17,19,21H,4-7,9-10,18,20H2,1-3H3/q+1. The summed E-state index contributed by atoms with van der Waals surface area (Å²) in [7, 11) is 0. The molecule has 0 saturated carbocycles. The molecule has 0 N–H and O–H groups in total. The first kappa shape index (κ1) is 20.8. The molecule has 0 aliphatic carbocycles. The van der Waals surface area contributed by atoms with Crippen molar-refractivity contribution >= 4 is 0 Å². The Morgan fingerprint density at radius 2 is 1.70 bits per heavy atom. The third-order valence-electron chi connectivity index (χ3n) is 7.12.